The number of aryl methyl sites for hydroxylation is 2. The van der Waals surface area contributed by atoms with Crippen molar-refractivity contribution in [1.82, 2.24) is 25.4 Å². The van der Waals surface area contributed by atoms with Gasteiger partial charge in [-0.05, 0) is 19.3 Å². The largest absolute Gasteiger partial charge is 0.377 e. The van der Waals surface area contributed by atoms with E-state index in [4.69, 9.17) is 4.74 Å². The lowest BCUT2D eigenvalue weighted by molar-refractivity contribution is 0.153. The Morgan fingerprint density at radius 2 is 2.38 bits per heavy atom. The van der Waals surface area contributed by atoms with E-state index in [1.807, 2.05) is 11.7 Å². The lowest BCUT2D eigenvalue weighted by Crippen LogP contribution is -2.47. The fourth-order valence-electron chi connectivity index (χ4n) is 3.15. The first kappa shape index (κ1) is 17.0. The molecule has 3 rings (SSSR count). The standard InChI is InChI=1S/C17H28N6O/c1-3-15-21-16-5-4-14(12-23(16)22-15)20-17(18-2)19-9-6-13-7-10-24-11-8-13/h7,14H,3-6,8-12H2,1-2H3,(H2,18,19,20). The van der Waals surface area contributed by atoms with Crippen molar-refractivity contribution in [3.8, 4) is 0 Å². The molecular formula is C17H28N6O. The van der Waals surface area contributed by atoms with Crippen LogP contribution in [0.15, 0.2) is 16.6 Å². The Kier molecular flexibility index (Phi) is 5.85. The summed E-state index contributed by atoms with van der Waals surface area (Å²) in [5.74, 6) is 2.92. The molecule has 1 atom stereocenters. The molecule has 7 nitrogen and oxygen atoms in total. The Morgan fingerprint density at radius 3 is 3.12 bits per heavy atom. The van der Waals surface area contributed by atoms with E-state index in [-0.39, 0.29) is 0 Å². The van der Waals surface area contributed by atoms with Crippen LogP contribution in [0.5, 0.6) is 0 Å². The number of ether oxygens (including phenoxy) is 1. The Morgan fingerprint density at radius 1 is 1.46 bits per heavy atom. The number of nitrogens with one attached hydrogen (secondary N) is 2. The molecule has 0 aromatic carbocycles. The van der Waals surface area contributed by atoms with Crippen molar-refractivity contribution in [3.05, 3.63) is 23.3 Å². The third kappa shape index (κ3) is 4.35. The van der Waals surface area contributed by atoms with Crippen molar-refractivity contribution in [2.75, 3.05) is 26.8 Å². The molecule has 0 fully saturated rings. The van der Waals surface area contributed by atoms with E-state index in [1.165, 1.54) is 5.57 Å². The summed E-state index contributed by atoms with van der Waals surface area (Å²) in [6, 6.07) is 0.345. The Hall–Kier alpha value is -1.89. The molecule has 24 heavy (non-hydrogen) atoms. The summed E-state index contributed by atoms with van der Waals surface area (Å²) in [4.78, 5) is 8.91. The van der Waals surface area contributed by atoms with Gasteiger partial charge in [0.05, 0.1) is 19.8 Å². The highest BCUT2D eigenvalue weighted by atomic mass is 16.5. The fourth-order valence-corrected chi connectivity index (χ4v) is 3.15. The highest BCUT2D eigenvalue weighted by Gasteiger charge is 2.22. The van der Waals surface area contributed by atoms with E-state index in [0.717, 1.165) is 76.0 Å². The number of fused-ring (bicyclic) bond motifs is 1. The van der Waals surface area contributed by atoms with Crippen molar-refractivity contribution < 1.29 is 4.74 Å². The van der Waals surface area contributed by atoms with Gasteiger partial charge in [-0.15, -0.1) is 0 Å². The minimum atomic E-state index is 0.345. The van der Waals surface area contributed by atoms with Crippen LogP contribution in [0.4, 0.5) is 0 Å². The van der Waals surface area contributed by atoms with Crippen molar-refractivity contribution in [3.63, 3.8) is 0 Å². The topological polar surface area (TPSA) is 76.4 Å². The molecule has 1 aromatic rings. The van der Waals surface area contributed by atoms with Crippen molar-refractivity contribution in [2.45, 2.75) is 51.6 Å². The van der Waals surface area contributed by atoms with E-state index >= 15 is 0 Å². The predicted octanol–water partition coefficient (Wildman–Crippen LogP) is 1.06. The second-order valence-electron chi connectivity index (χ2n) is 6.30. The molecule has 1 unspecified atom stereocenters. The quantitative estimate of drug-likeness (QED) is 0.479. The zero-order valence-corrected chi connectivity index (χ0v) is 14.7. The number of nitrogens with zero attached hydrogens (tertiary/aromatic N) is 4. The van der Waals surface area contributed by atoms with Crippen molar-refractivity contribution in [1.29, 1.82) is 0 Å². The zero-order valence-electron chi connectivity index (χ0n) is 14.7. The summed E-state index contributed by atoms with van der Waals surface area (Å²) in [7, 11) is 1.82. The molecule has 3 heterocycles. The summed E-state index contributed by atoms with van der Waals surface area (Å²) in [6.45, 7) is 5.44. The first-order chi connectivity index (χ1) is 11.8. The van der Waals surface area contributed by atoms with Crippen LogP contribution in [0.1, 0.15) is 37.8 Å². The molecule has 0 saturated carbocycles. The predicted molar refractivity (Wildman–Crippen MR) is 94.1 cm³/mol. The van der Waals surface area contributed by atoms with E-state index in [1.54, 1.807) is 0 Å². The average Bonchev–Trinajstić information content (AvgIpc) is 3.04. The van der Waals surface area contributed by atoms with Crippen LogP contribution < -0.4 is 10.6 Å². The maximum absolute atomic E-state index is 5.34. The molecular weight excluding hydrogens is 304 g/mol. The smallest absolute Gasteiger partial charge is 0.191 e. The first-order valence-corrected chi connectivity index (χ1v) is 8.94. The Labute approximate surface area is 143 Å². The molecule has 0 spiro atoms. The molecule has 0 aliphatic carbocycles. The van der Waals surface area contributed by atoms with Crippen LogP contribution in [-0.4, -0.2) is 53.6 Å². The SMILES string of the molecule is CCc1nc2n(n1)CC(NC(=NC)NCCC1=CCOCC1)CC2. The first-order valence-electron chi connectivity index (χ1n) is 8.94. The highest BCUT2D eigenvalue weighted by molar-refractivity contribution is 5.79. The maximum atomic E-state index is 5.34. The molecule has 1 aromatic heterocycles. The summed E-state index contributed by atoms with van der Waals surface area (Å²) < 4.78 is 7.38. The van der Waals surface area contributed by atoms with Gasteiger partial charge in [0.1, 0.15) is 5.82 Å². The fraction of sp³-hybridized carbons (Fsp3) is 0.706. The molecule has 0 saturated heterocycles. The van der Waals surface area contributed by atoms with E-state index in [9.17, 15) is 0 Å². The number of rotatable bonds is 5. The van der Waals surface area contributed by atoms with Gasteiger partial charge in [-0.1, -0.05) is 18.6 Å². The van der Waals surface area contributed by atoms with Gasteiger partial charge >= 0.3 is 0 Å². The van der Waals surface area contributed by atoms with Gasteiger partial charge in [0.25, 0.3) is 0 Å². The van der Waals surface area contributed by atoms with E-state index in [0.29, 0.717) is 6.04 Å². The summed E-state index contributed by atoms with van der Waals surface area (Å²) in [5.41, 5.74) is 1.47. The summed E-state index contributed by atoms with van der Waals surface area (Å²) in [5, 5.41) is 11.5. The van der Waals surface area contributed by atoms with Crippen molar-refractivity contribution in [2.24, 2.45) is 4.99 Å². The van der Waals surface area contributed by atoms with Crippen LogP contribution in [0, 0.1) is 0 Å². The maximum Gasteiger partial charge on any atom is 0.191 e. The molecule has 2 aliphatic rings. The minimum absolute atomic E-state index is 0.345. The third-order valence-electron chi connectivity index (χ3n) is 4.58. The molecule has 132 valence electrons. The van der Waals surface area contributed by atoms with E-state index < -0.39 is 0 Å². The van der Waals surface area contributed by atoms with Gasteiger partial charge in [0.2, 0.25) is 0 Å². The minimum Gasteiger partial charge on any atom is -0.377 e. The molecule has 0 radical (unpaired) electrons. The molecule has 2 N–H and O–H groups in total. The molecule has 7 heteroatoms. The van der Waals surface area contributed by atoms with Gasteiger partial charge in [0.15, 0.2) is 11.8 Å². The van der Waals surface area contributed by atoms with Gasteiger partial charge in [-0.2, -0.15) is 5.10 Å². The lowest BCUT2D eigenvalue weighted by atomic mass is 10.1. The highest BCUT2D eigenvalue weighted by Crippen LogP contribution is 2.13. The molecule has 2 aliphatic heterocycles. The van der Waals surface area contributed by atoms with Crippen molar-refractivity contribution >= 4 is 5.96 Å². The molecule has 0 amide bonds. The second kappa shape index (κ2) is 8.28. The summed E-state index contributed by atoms with van der Waals surface area (Å²) in [6.07, 6.45) is 7.20. The number of aromatic nitrogens is 3. The van der Waals surface area contributed by atoms with Crippen LogP contribution >= 0.6 is 0 Å². The van der Waals surface area contributed by atoms with Crippen LogP contribution in [-0.2, 0) is 24.1 Å². The number of aliphatic imine (C=N–C) groups is 1. The summed E-state index contributed by atoms with van der Waals surface area (Å²) >= 11 is 0. The number of hydrogen-bond acceptors (Lipinski definition) is 4. The van der Waals surface area contributed by atoms with Crippen LogP contribution in [0.3, 0.4) is 0 Å². The van der Waals surface area contributed by atoms with E-state index in [2.05, 4.69) is 38.7 Å². The number of guanidine groups is 1. The zero-order chi connectivity index (χ0) is 16.8. The van der Waals surface area contributed by atoms with Crippen LogP contribution in [0.2, 0.25) is 0 Å². The van der Waals surface area contributed by atoms with Gasteiger partial charge < -0.3 is 15.4 Å². The second-order valence-corrected chi connectivity index (χ2v) is 6.30. The Balaban J connectivity index is 1.46. The monoisotopic (exact) mass is 332 g/mol. The van der Waals surface area contributed by atoms with Gasteiger partial charge in [-0.25, -0.2) is 9.67 Å². The Bertz CT molecular complexity index is 606. The normalized spacial score (nSPS) is 21.2. The lowest BCUT2D eigenvalue weighted by Gasteiger charge is -2.25. The van der Waals surface area contributed by atoms with Gasteiger partial charge in [0, 0.05) is 32.5 Å². The number of hydrogen-bond donors (Lipinski definition) is 2. The molecule has 0 bridgehead atoms. The average molecular weight is 332 g/mol. The van der Waals surface area contributed by atoms with Gasteiger partial charge in [-0.3, -0.25) is 4.99 Å². The van der Waals surface area contributed by atoms with Crippen LogP contribution in [0.25, 0.3) is 0 Å². The third-order valence-corrected chi connectivity index (χ3v) is 4.58.